The first kappa shape index (κ1) is 21.5. The Bertz CT molecular complexity index is 1170. The van der Waals surface area contributed by atoms with Crippen LogP contribution in [0.25, 0.3) is 11.3 Å². The Morgan fingerprint density at radius 3 is 2.72 bits per heavy atom. The maximum Gasteiger partial charge on any atom is 0.335 e. The van der Waals surface area contributed by atoms with Crippen LogP contribution in [0.5, 0.6) is 5.75 Å². The molecule has 4 rings (SSSR count). The average molecular weight is 452 g/mol. The molecule has 0 fully saturated rings. The van der Waals surface area contributed by atoms with Gasteiger partial charge in [-0.05, 0) is 55.3 Å². The lowest BCUT2D eigenvalue weighted by Gasteiger charge is -2.29. The normalized spacial score (nSPS) is 12.8. The fraction of sp³-hybridized carbons (Fsp3) is 0.217. The number of carboxylic acids is 1. The highest BCUT2D eigenvalue weighted by molar-refractivity contribution is 7.09. The Morgan fingerprint density at radius 2 is 2.00 bits per heavy atom. The van der Waals surface area contributed by atoms with Crippen LogP contribution < -0.4 is 15.0 Å². The van der Waals surface area contributed by atoms with E-state index in [0.29, 0.717) is 17.1 Å². The van der Waals surface area contributed by atoms with Crippen molar-refractivity contribution in [2.24, 2.45) is 0 Å². The first-order valence-corrected chi connectivity index (χ1v) is 11.0. The first-order valence-electron chi connectivity index (χ1n) is 10.1. The minimum Gasteiger partial charge on any atom is -0.482 e. The fourth-order valence-electron chi connectivity index (χ4n) is 3.35. The topological polar surface area (TPSA) is 109 Å². The highest BCUT2D eigenvalue weighted by Gasteiger charge is 2.28. The van der Waals surface area contributed by atoms with Crippen molar-refractivity contribution in [3.05, 3.63) is 58.4 Å². The number of amides is 2. The molecule has 0 radical (unpaired) electrons. The Morgan fingerprint density at radius 1 is 1.22 bits per heavy atom. The van der Waals surface area contributed by atoms with Crippen molar-refractivity contribution in [3.63, 3.8) is 0 Å². The number of fused-ring (bicyclic) bond motifs is 1. The van der Waals surface area contributed by atoms with Crippen molar-refractivity contribution < 1.29 is 24.2 Å². The summed E-state index contributed by atoms with van der Waals surface area (Å²) in [5.74, 6) is -1.25. The van der Waals surface area contributed by atoms with Crippen LogP contribution >= 0.6 is 11.3 Å². The summed E-state index contributed by atoms with van der Waals surface area (Å²) in [6.45, 7) is 1.76. The molecular weight excluding hydrogens is 430 g/mol. The fourth-order valence-corrected chi connectivity index (χ4v) is 4.26. The van der Waals surface area contributed by atoms with E-state index in [2.05, 4.69) is 17.2 Å². The summed E-state index contributed by atoms with van der Waals surface area (Å²) < 4.78 is 5.54. The molecule has 3 aromatic rings. The molecular formula is C23H21N3O5S. The zero-order valence-corrected chi connectivity index (χ0v) is 18.1. The Balaban J connectivity index is 1.53. The number of nitrogens with one attached hydrogen (secondary N) is 1. The van der Waals surface area contributed by atoms with Crippen molar-refractivity contribution >= 4 is 40.5 Å². The van der Waals surface area contributed by atoms with Crippen LogP contribution in [0, 0.1) is 0 Å². The third kappa shape index (κ3) is 4.62. The van der Waals surface area contributed by atoms with E-state index in [9.17, 15) is 14.4 Å². The molecule has 0 aliphatic carbocycles. The van der Waals surface area contributed by atoms with Crippen LogP contribution in [0.15, 0.2) is 47.8 Å². The van der Waals surface area contributed by atoms with E-state index in [1.165, 1.54) is 29.2 Å². The number of thiazole rings is 1. The molecule has 0 unspecified atom stereocenters. The zero-order chi connectivity index (χ0) is 22.7. The van der Waals surface area contributed by atoms with Gasteiger partial charge in [-0.2, -0.15) is 0 Å². The minimum atomic E-state index is -1.05. The quantitative estimate of drug-likeness (QED) is 0.565. The van der Waals surface area contributed by atoms with Crippen molar-refractivity contribution in [1.29, 1.82) is 0 Å². The number of anilines is 2. The van der Waals surface area contributed by atoms with E-state index < -0.39 is 11.9 Å². The third-order valence-corrected chi connectivity index (χ3v) is 5.84. The lowest BCUT2D eigenvalue weighted by atomic mass is 10.1. The van der Waals surface area contributed by atoms with Crippen LogP contribution in [0.1, 0.15) is 28.7 Å². The molecule has 0 saturated heterocycles. The molecule has 2 amide bonds. The molecule has 2 aromatic carbocycles. The van der Waals surface area contributed by atoms with Gasteiger partial charge in [-0.1, -0.05) is 6.92 Å². The molecule has 0 saturated carbocycles. The molecule has 0 bridgehead atoms. The van der Waals surface area contributed by atoms with Crippen LogP contribution in [-0.2, 0) is 16.0 Å². The van der Waals surface area contributed by atoms with Gasteiger partial charge in [0.1, 0.15) is 12.3 Å². The molecule has 8 nitrogen and oxygen atoms in total. The molecule has 1 aliphatic rings. The number of carboxylic acid groups (broad SMARTS) is 1. The number of aromatic nitrogens is 1. The van der Waals surface area contributed by atoms with Crippen molar-refractivity contribution in [2.45, 2.75) is 19.8 Å². The second kappa shape index (κ2) is 9.19. The highest BCUT2D eigenvalue weighted by Crippen LogP contribution is 2.36. The maximum atomic E-state index is 12.6. The minimum absolute atomic E-state index is 0.122. The van der Waals surface area contributed by atoms with Gasteiger partial charge in [-0.3, -0.25) is 14.5 Å². The van der Waals surface area contributed by atoms with Crippen molar-refractivity contribution in [1.82, 2.24) is 4.98 Å². The Labute approximate surface area is 188 Å². The Hall–Kier alpha value is -3.72. The number of nitrogens with zero attached hydrogens (tertiary/aromatic N) is 2. The number of carbonyl (C=O) groups excluding carboxylic acids is 2. The average Bonchev–Trinajstić information content (AvgIpc) is 3.25. The van der Waals surface area contributed by atoms with Crippen LogP contribution in [0.3, 0.4) is 0 Å². The van der Waals surface area contributed by atoms with E-state index in [1.54, 1.807) is 17.4 Å². The summed E-state index contributed by atoms with van der Waals surface area (Å²) >= 11 is 1.60. The summed E-state index contributed by atoms with van der Waals surface area (Å²) in [6.07, 6.45) is 1.93. The summed E-state index contributed by atoms with van der Waals surface area (Å²) in [5.41, 5.74) is 2.75. The summed E-state index contributed by atoms with van der Waals surface area (Å²) in [6, 6.07) is 11.3. The van der Waals surface area contributed by atoms with Crippen LogP contribution in [0.4, 0.5) is 11.4 Å². The number of carbonyl (C=O) groups is 3. The van der Waals surface area contributed by atoms with Crippen LogP contribution in [-0.4, -0.2) is 41.0 Å². The van der Waals surface area contributed by atoms with E-state index in [4.69, 9.17) is 9.84 Å². The van der Waals surface area contributed by atoms with Gasteiger partial charge < -0.3 is 15.2 Å². The summed E-state index contributed by atoms with van der Waals surface area (Å²) in [7, 11) is 0. The molecule has 32 heavy (non-hydrogen) atoms. The Kier molecular flexibility index (Phi) is 6.18. The van der Waals surface area contributed by atoms with Gasteiger partial charge >= 0.3 is 5.97 Å². The van der Waals surface area contributed by atoms with Gasteiger partial charge in [0.15, 0.2) is 6.61 Å². The smallest absolute Gasteiger partial charge is 0.335 e. The highest BCUT2D eigenvalue weighted by atomic mass is 32.1. The van der Waals surface area contributed by atoms with Gasteiger partial charge in [-0.15, -0.1) is 11.3 Å². The molecule has 9 heteroatoms. The number of aromatic carboxylic acids is 1. The second-order valence-corrected chi connectivity index (χ2v) is 8.20. The second-order valence-electron chi connectivity index (χ2n) is 7.26. The van der Waals surface area contributed by atoms with Crippen molar-refractivity contribution in [3.8, 4) is 17.0 Å². The van der Waals surface area contributed by atoms with Gasteiger partial charge in [0.25, 0.3) is 5.91 Å². The number of ether oxygens (including phenoxy) is 1. The molecule has 164 valence electrons. The zero-order valence-electron chi connectivity index (χ0n) is 17.3. The third-order valence-electron chi connectivity index (χ3n) is 4.93. The van der Waals surface area contributed by atoms with Crippen LogP contribution in [0.2, 0.25) is 0 Å². The number of aryl methyl sites for hydroxylation is 1. The van der Waals surface area contributed by atoms with Gasteiger partial charge in [0, 0.05) is 16.6 Å². The lowest BCUT2D eigenvalue weighted by Crippen LogP contribution is -2.43. The summed E-state index contributed by atoms with van der Waals surface area (Å²) in [4.78, 5) is 42.2. The SMILES string of the molecule is CCCc1nc(-c2ccc3c(c2)N(CC(=O)Nc2ccc(C(=O)O)cc2)C(=O)CO3)cs1. The summed E-state index contributed by atoms with van der Waals surface area (Å²) in [5, 5.41) is 14.7. The van der Waals surface area contributed by atoms with E-state index >= 15 is 0 Å². The molecule has 0 atom stereocenters. The predicted octanol–water partition coefficient (Wildman–Crippen LogP) is 3.82. The van der Waals surface area contributed by atoms with Crippen molar-refractivity contribution in [2.75, 3.05) is 23.4 Å². The number of benzene rings is 2. The molecule has 1 aliphatic heterocycles. The monoisotopic (exact) mass is 451 g/mol. The molecule has 2 heterocycles. The first-order chi connectivity index (χ1) is 15.4. The van der Waals surface area contributed by atoms with E-state index in [0.717, 1.165) is 29.1 Å². The van der Waals surface area contributed by atoms with E-state index in [1.807, 2.05) is 17.5 Å². The van der Waals surface area contributed by atoms with E-state index in [-0.39, 0.29) is 24.6 Å². The molecule has 2 N–H and O–H groups in total. The molecule has 0 spiro atoms. The van der Waals surface area contributed by atoms with Gasteiger partial charge in [0.05, 0.1) is 22.0 Å². The standard InChI is InChI=1S/C23H21N3O5S/c1-2-3-21-25-17(13-32-21)15-6-9-19-18(10-15)26(22(28)12-31-19)11-20(27)24-16-7-4-14(5-8-16)23(29)30/h4-10,13H,2-3,11-12H2,1H3,(H,24,27)(H,29,30). The van der Waals surface area contributed by atoms with Gasteiger partial charge in [0.2, 0.25) is 5.91 Å². The number of hydrogen-bond acceptors (Lipinski definition) is 6. The number of rotatable bonds is 7. The van der Waals surface area contributed by atoms with Gasteiger partial charge in [-0.25, -0.2) is 9.78 Å². The number of hydrogen-bond donors (Lipinski definition) is 2. The largest absolute Gasteiger partial charge is 0.482 e. The predicted molar refractivity (Wildman–Crippen MR) is 121 cm³/mol. The lowest BCUT2D eigenvalue weighted by molar-refractivity contribution is -0.123. The maximum absolute atomic E-state index is 12.6. The molecule has 1 aromatic heterocycles.